The summed E-state index contributed by atoms with van der Waals surface area (Å²) in [6.07, 6.45) is 0. The molecule has 25 heavy (non-hydrogen) atoms. The van der Waals surface area contributed by atoms with Crippen LogP contribution in [0.25, 0.3) is 22.5 Å². The predicted molar refractivity (Wildman–Crippen MR) is 91.2 cm³/mol. The van der Waals surface area contributed by atoms with Crippen molar-refractivity contribution in [3.63, 3.8) is 0 Å². The Balaban J connectivity index is 2.00. The van der Waals surface area contributed by atoms with Crippen LogP contribution in [0, 0.1) is 20.2 Å². The number of nitro benzene ring substituents is 2. The van der Waals surface area contributed by atoms with E-state index in [1.807, 2.05) is 0 Å². The highest BCUT2D eigenvalue weighted by atomic mass is 35.5. The van der Waals surface area contributed by atoms with Gasteiger partial charge in [-0.25, -0.2) is 9.97 Å². The zero-order valence-electron chi connectivity index (χ0n) is 12.5. The van der Waals surface area contributed by atoms with Crippen LogP contribution in [0.3, 0.4) is 0 Å². The largest absolute Gasteiger partial charge is 0.269 e. The van der Waals surface area contributed by atoms with Gasteiger partial charge in [0.1, 0.15) is 0 Å². The molecule has 0 saturated heterocycles. The van der Waals surface area contributed by atoms with Crippen LogP contribution < -0.4 is 0 Å². The van der Waals surface area contributed by atoms with Gasteiger partial charge in [-0.1, -0.05) is 0 Å². The molecule has 124 valence electrons. The van der Waals surface area contributed by atoms with Crippen LogP contribution in [-0.4, -0.2) is 19.8 Å². The predicted octanol–water partition coefficient (Wildman–Crippen LogP) is 4.28. The van der Waals surface area contributed by atoms with Gasteiger partial charge in [0.15, 0.2) is 0 Å². The van der Waals surface area contributed by atoms with Crippen LogP contribution in [0.1, 0.15) is 0 Å². The van der Waals surface area contributed by atoms with Crippen LogP contribution >= 0.6 is 11.6 Å². The minimum absolute atomic E-state index is 0.00389. The second-order valence-electron chi connectivity index (χ2n) is 5.02. The van der Waals surface area contributed by atoms with E-state index in [4.69, 9.17) is 11.6 Å². The molecule has 1 heterocycles. The van der Waals surface area contributed by atoms with Gasteiger partial charge in [-0.05, 0) is 41.9 Å². The molecule has 0 atom stereocenters. The van der Waals surface area contributed by atoms with Crippen LogP contribution in [0.4, 0.5) is 11.4 Å². The number of hydrogen-bond donors (Lipinski definition) is 0. The minimum atomic E-state index is -0.487. The molecule has 8 nitrogen and oxygen atoms in total. The lowest BCUT2D eigenvalue weighted by Crippen LogP contribution is -1.93. The standard InChI is InChI=1S/C16H9ClN4O4/c17-16-18-14(10-1-5-12(6-2-10)20(22)23)9-15(19-16)11-3-7-13(8-4-11)21(24)25/h1-9H. The third-order valence-corrected chi connectivity index (χ3v) is 3.62. The van der Waals surface area contributed by atoms with E-state index in [9.17, 15) is 20.2 Å². The van der Waals surface area contributed by atoms with Crippen molar-refractivity contribution in [3.05, 3.63) is 80.1 Å². The van der Waals surface area contributed by atoms with Gasteiger partial charge in [-0.15, -0.1) is 0 Å². The first kappa shape index (κ1) is 16.5. The van der Waals surface area contributed by atoms with Gasteiger partial charge in [0.2, 0.25) is 5.28 Å². The Morgan fingerprint density at radius 3 is 1.40 bits per heavy atom. The summed E-state index contributed by atoms with van der Waals surface area (Å²) in [5.41, 5.74) is 2.20. The van der Waals surface area contributed by atoms with Crippen LogP contribution in [0.15, 0.2) is 54.6 Å². The smallest absolute Gasteiger partial charge is 0.258 e. The Kier molecular flexibility index (Phi) is 4.36. The molecule has 0 unspecified atom stereocenters. The van der Waals surface area contributed by atoms with E-state index in [1.165, 1.54) is 24.3 Å². The summed E-state index contributed by atoms with van der Waals surface area (Å²) in [7, 11) is 0. The van der Waals surface area contributed by atoms with E-state index < -0.39 is 9.85 Å². The fourth-order valence-electron chi connectivity index (χ4n) is 2.22. The molecule has 0 amide bonds. The van der Waals surface area contributed by atoms with Crippen LogP contribution in [0.2, 0.25) is 5.28 Å². The highest BCUT2D eigenvalue weighted by Gasteiger charge is 2.11. The second-order valence-corrected chi connectivity index (χ2v) is 5.35. The maximum atomic E-state index is 10.7. The zero-order valence-corrected chi connectivity index (χ0v) is 13.3. The Labute approximate surface area is 146 Å². The van der Waals surface area contributed by atoms with Crippen LogP contribution in [0.5, 0.6) is 0 Å². The number of nitro groups is 2. The maximum Gasteiger partial charge on any atom is 0.269 e. The molecule has 0 fully saturated rings. The number of nitrogens with zero attached hydrogens (tertiary/aromatic N) is 4. The molecule has 0 spiro atoms. The van der Waals surface area contributed by atoms with Gasteiger partial charge in [-0.2, -0.15) is 0 Å². The van der Waals surface area contributed by atoms with Gasteiger partial charge >= 0.3 is 0 Å². The Morgan fingerprint density at radius 1 is 0.720 bits per heavy atom. The lowest BCUT2D eigenvalue weighted by atomic mass is 10.1. The van der Waals surface area contributed by atoms with Gasteiger partial charge < -0.3 is 0 Å². The monoisotopic (exact) mass is 356 g/mol. The molecule has 0 bridgehead atoms. The van der Waals surface area contributed by atoms with Crippen molar-refractivity contribution in [1.82, 2.24) is 9.97 Å². The highest BCUT2D eigenvalue weighted by molar-refractivity contribution is 6.28. The lowest BCUT2D eigenvalue weighted by Gasteiger charge is -2.06. The van der Waals surface area contributed by atoms with Crippen molar-refractivity contribution in [2.45, 2.75) is 0 Å². The fraction of sp³-hybridized carbons (Fsp3) is 0. The van der Waals surface area contributed by atoms with Crippen LogP contribution in [-0.2, 0) is 0 Å². The summed E-state index contributed by atoms with van der Waals surface area (Å²) in [6, 6.07) is 13.4. The maximum absolute atomic E-state index is 10.7. The average Bonchev–Trinajstić information content (AvgIpc) is 2.61. The van der Waals surface area contributed by atoms with Gasteiger partial charge in [0, 0.05) is 35.4 Å². The van der Waals surface area contributed by atoms with E-state index >= 15 is 0 Å². The third-order valence-electron chi connectivity index (χ3n) is 3.45. The normalized spacial score (nSPS) is 10.4. The van der Waals surface area contributed by atoms with Crippen molar-refractivity contribution >= 4 is 23.0 Å². The van der Waals surface area contributed by atoms with E-state index in [0.717, 1.165) is 0 Å². The molecule has 1 aromatic heterocycles. The van der Waals surface area contributed by atoms with Gasteiger partial charge in [0.05, 0.1) is 21.2 Å². The molecule has 2 aromatic carbocycles. The van der Waals surface area contributed by atoms with Crippen molar-refractivity contribution in [3.8, 4) is 22.5 Å². The molecule has 0 saturated carbocycles. The first-order valence-corrected chi connectivity index (χ1v) is 7.36. The molecular formula is C16H9ClN4O4. The fourth-order valence-corrected chi connectivity index (χ4v) is 2.40. The SMILES string of the molecule is O=[N+]([O-])c1ccc(-c2cc(-c3ccc([N+](=O)[O-])cc3)nc(Cl)n2)cc1. The zero-order chi connectivity index (χ0) is 18.0. The molecule has 0 radical (unpaired) electrons. The van der Waals surface area contributed by atoms with Crippen molar-refractivity contribution < 1.29 is 9.85 Å². The molecule has 0 aliphatic rings. The molecule has 0 aliphatic carbocycles. The number of hydrogen-bond acceptors (Lipinski definition) is 6. The van der Waals surface area contributed by atoms with Crippen molar-refractivity contribution in [2.75, 3.05) is 0 Å². The second kappa shape index (κ2) is 6.62. The number of benzene rings is 2. The Bertz CT molecular complexity index is 883. The molecule has 9 heteroatoms. The summed E-state index contributed by atoms with van der Waals surface area (Å²) >= 11 is 5.97. The Hall–Kier alpha value is -3.39. The van der Waals surface area contributed by atoms with E-state index in [1.54, 1.807) is 30.3 Å². The molecule has 0 aliphatic heterocycles. The number of rotatable bonds is 4. The summed E-state index contributed by atoms with van der Waals surface area (Å²) in [6.45, 7) is 0. The topological polar surface area (TPSA) is 112 Å². The number of non-ortho nitro benzene ring substituents is 2. The Morgan fingerprint density at radius 2 is 1.08 bits per heavy atom. The first-order valence-electron chi connectivity index (χ1n) is 6.98. The number of aromatic nitrogens is 2. The van der Waals surface area contributed by atoms with E-state index in [-0.39, 0.29) is 16.7 Å². The van der Waals surface area contributed by atoms with Gasteiger partial charge in [-0.3, -0.25) is 20.2 Å². The minimum Gasteiger partial charge on any atom is -0.258 e. The van der Waals surface area contributed by atoms with Crippen molar-refractivity contribution in [2.24, 2.45) is 0 Å². The van der Waals surface area contributed by atoms with Crippen molar-refractivity contribution in [1.29, 1.82) is 0 Å². The molecule has 3 rings (SSSR count). The highest BCUT2D eigenvalue weighted by Crippen LogP contribution is 2.27. The summed E-state index contributed by atoms with van der Waals surface area (Å²) in [4.78, 5) is 28.7. The molecule has 0 N–H and O–H groups in total. The molecule has 3 aromatic rings. The quantitative estimate of drug-likeness (QED) is 0.391. The first-order chi connectivity index (χ1) is 11.9. The summed E-state index contributed by atoms with van der Waals surface area (Å²) in [5, 5.41) is 21.5. The molecular weight excluding hydrogens is 348 g/mol. The van der Waals surface area contributed by atoms with E-state index in [0.29, 0.717) is 22.5 Å². The summed E-state index contributed by atoms with van der Waals surface area (Å²) < 4.78 is 0. The van der Waals surface area contributed by atoms with E-state index in [2.05, 4.69) is 9.97 Å². The van der Waals surface area contributed by atoms with Gasteiger partial charge in [0.25, 0.3) is 11.4 Å². The number of halogens is 1. The lowest BCUT2D eigenvalue weighted by molar-refractivity contribution is -0.385. The summed E-state index contributed by atoms with van der Waals surface area (Å²) in [5.74, 6) is 0. The average molecular weight is 357 g/mol. The third kappa shape index (κ3) is 3.59.